The number of para-hydroxylation sites is 1. The summed E-state index contributed by atoms with van der Waals surface area (Å²) in [6.45, 7) is 1.78. The van der Waals surface area contributed by atoms with Crippen molar-refractivity contribution in [3.05, 3.63) is 35.5 Å². The summed E-state index contributed by atoms with van der Waals surface area (Å²) < 4.78 is 37.4. The highest BCUT2D eigenvalue weighted by Gasteiger charge is 2.33. The van der Waals surface area contributed by atoms with E-state index in [4.69, 9.17) is 0 Å². The average molecular weight is 199 g/mol. The molecule has 14 heavy (non-hydrogen) atoms. The number of benzene rings is 1. The third-order valence-electron chi connectivity index (χ3n) is 2.23. The number of rotatable bonds is 0. The van der Waals surface area contributed by atoms with Crippen molar-refractivity contribution in [1.29, 1.82) is 0 Å². The van der Waals surface area contributed by atoms with Gasteiger partial charge < -0.3 is 4.98 Å². The van der Waals surface area contributed by atoms with Crippen LogP contribution in [-0.4, -0.2) is 4.98 Å². The fourth-order valence-corrected chi connectivity index (χ4v) is 1.54. The van der Waals surface area contributed by atoms with Crippen molar-refractivity contribution in [2.75, 3.05) is 0 Å². The number of aromatic nitrogens is 1. The molecule has 1 nitrogen and oxygen atoms in total. The van der Waals surface area contributed by atoms with E-state index in [1.54, 1.807) is 19.1 Å². The highest BCUT2D eigenvalue weighted by molar-refractivity contribution is 5.86. The summed E-state index contributed by atoms with van der Waals surface area (Å²) in [4.78, 5) is 2.64. The second-order valence-corrected chi connectivity index (χ2v) is 3.20. The van der Waals surface area contributed by atoms with Crippen molar-refractivity contribution in [3.8, 4) is 0 Å². The van der Waals surface area contributed by atoms with E-state index in [1.165, 1.54) is 6.07 Å². The van der Waals surface area contributed by atoms with E-state index in [0.717, 1.165) is 11.8 Å². The summed E-state index contributed by atoms with van der Waals surface area (Å²) in [6, 6.07) is 4.88. The van der Waals surface area contributed by atoms with Gasteiger partial charge in [-0.3, -0.25) is 0 Å². The highest BCUT2D eigenvalue weighted by Crippen LogP contribution is 2.35. The van der Waals surface area contributed by atoms with Gasteiger partial charge in [0.1, 0.15) is 0 Å². The molecular weight excluding hydrogens is 191 g/mol. The maximum atomic E-state index is 12.5. The van der Waals surface area contributed by atoms with Crippen LogP contribution in [0.1, 0.15) is 11.1 Å². The molecule has 2 aromatic rings. The lowest BCUT2D eigenvalue weighted by molar-refractivity contribution is -0.136. The molecule has 0 aliphatic heterocycles. The molecule has 0 unspecified atom stereocenters. The van der Waals surface area contributed by atoms with E-state index in [1.807, 2.05) is 0 Å². The normalized spacial score (nSPS) is 12.3. The summed E-state index contributed by atoms with van der Waals surface area (Å²) in [5.74, 6) is 0. The number of hydrogen-bond donors (Lipinski definition) is 1. The smallest absolute Gasteiger partial charge is 0.360 e. The molecule has 0 atom stereocenters. The largest absolute Gasteiger partial charge is 0.418 e. The van der Waals surface area contributed by atoms with Crippen LogP contribution in [0.4, 0.5) is 13.2 Å². The summed E-state index contributed by atoms with van der Waals surface area (Å²) in [6.07, 6.45) is -3.27. The highest BCUT2D eigenvalue weighted by atomic mass is 19.4. The quantitative estimate of drug-likeness (QED) is 0.668. The van der Waals surface area contributed by atoms with E-state index in [0.29, 0.717) is 5.52 Å². The Morgan fingerprint density at radius 3 is 2.57 bits per heavy atom. The minimum Gasteiger partial charge on any atom is -0.360 e. The van der Waals surface area contributed by atoms with E-state index in [9.17, 15) is 13.2 Å². The monoisotopic (exact) mass is 199 g/mol. The van der Waals surface area contributed by atoms with Gasteiger partial charge in [0.25, 0.3) is 0 Å². The van der Waals surface area contributed by atoms with Crippen molar-refractivity contribution < 1.29 is 13.2 Å². The average Bonchev–Trinajstić information content (AvgIpc) is 2.47. The summed E-state index contributed by atoms with van der Waals surface area (Å²) >= 11 is 0. The number of halogens is 3. The second-order valence-electron chi connectivity index (χ2n) is 3.20. The summed E-state index contributed by atoms with van der Waals surface area (Å²) in [7, 11) is 0. The van der Waals surface area contributed by atoms with Gasteiger partial charge in [-0.05, 0) is 12.5 Å². The molecule has 0 bridgehead atoms. The molecular formula is C10H8F3N. The molecule has 1 heterocycles. The lowest BCUT2D eigenvalue weighted by Gasteiger charge is -2.03. The van der Waals surface area contributed by atoms with E-state index in [-0.39, 0.29) is 5.39 Å². The van der Waals surface area contributed by atoms with E-state index < -0.39 is 11.7 Å². The number of aryl methyl sites for hydroxylation is 1. The van der Waals surface area contributed by atoms with E-state index in [2.05, 4.69) is 4.98 Å². The van der Waals surface area contributed by atoms with Gasteiger partial charge in [0.15, 0.2) is 0 Å². The topological polar surface area (TPSA) is 15.8 Å². The molecule has 0 spiro atoms. The SMILES string of the molecule is Cc1cccc2c(C(F)(F)F)c[nH]c12. The van der Waals surface area contributed by atoms with Crippen LogP contribution in [0.2, 0.25) is 0 Å². The van der Waals surface area contributed by atoms with Crippen molar-refractivity contribution in [3.63, 3.8) is 0 Å². The molecule has 0 fully saturated rings. The molecule has 1 aromatic carbocycles. The van der Waals surface area contributed by atoms with Gasteiger partial charge in [-0.25, -0.2) is 0 Å². The van der Waals surface area contributed by atoms with Gasteiger partial charge in [-0.1, -0.05) is 18.2 Å². The minimum atomic E-state index is -4.29. The number of nitrogens with one attached hydrogen (secondary N) is 1. The van der Waals surface area contributed by atoms with Crippen LogP contribution in [-0.2, 0) is 6.18 Å². The lowest BCUT2D eigenvalue weighted by Crippen LogP contribution is -2.03. The van der Waals surface area contributed by atoms with Crippen LogP contribution < -0.4 is 0 Å². The van der Waals surface area contributed by atoms with Crippen LogP contribution in [0.15, 0.2) is 24.4 Å². The van der Waals surface area contributed by atoms with Crippen LogP contribution >= 0.6 is 0 Å². The fourth-order valence-electron chi connectivity index (χ4n) is 1.54. The Bertz CT molecular complexity index is 468. The molecule has 0 aliphatic rings. The Kier molecular flexibility index (Phi) is 1.80. The van der Waals surface area contributed by atoms with Gasteiger partial charge in [-0.2, -0.15) is 13.2 Å². The molecule has 0 aliphatic carbocycles. The molecule has 74 valence electrons. The molecule has 2 rings (SSSR count). The third-order valence-corrected chi connectivity index (χ3v) is 2.23. The van der Waals surface area contributed by atoms with Crippen LogP contribution in [0, 0.1) is 6.92 Å². The number of alkyl halides is 3. The number of aromatic amines is 1. The molecule has 1 aromatic heterocycles. The predicted molar refractivity (Wildman–Crippen MR) is 48.0 cm³/mol. The van der Waals surface area contributed by atoms with Crippen molar-refractivity contribution in [2.24, 2.45) is 0 Å². The van der Waals surface area contributed by atoms with Gasteiger partial charge >= 0.3 is 6.18 Å². The molecule has 4 heteroatoms. The predicted octanol–water partition coefficient (Wildman–Crippen LogP) is 3.50. The standard InChI is InChI=1S/C10H8F3N/c1-6-3-2-4-7-8(10(11,12)13)5-14-9(6)7/h2-5,14H,1H3. The molecule has 0 radical (unpaired) electrons. The fraction of sp³-hybridized carbons (Fsp3) is 0.200. The Hall–Kier alpha value is -1.45. The van der Waals surface area contributed by atoms with Gasteiger partial charge in [0.05, 0.1) is 5.56 Å². The van der Waals surface area contributed by atoms with Gasteiger partial charge in [0, 0.05) is 17.1 Å². The first-order chi connectivity index (χ1) is 6.50. The minimum absolute atomic E-state index is 0.234. The van der Waals surface area contributed by atoms with Crippen molar-refractivity contribution >= 4 is 10.9 Å². The van der Waals surface area contributed by atoms with Gasteiger partial charge in [0.2, 0.25) is 0 Å². The maximum Gasteiger partial charge on any atom is 0.418 e. The van der Waals surface area contributed by atoms with Gasteiger partial charge in [-0.15, -0.1) is 0 Å². The first kappa shape index (κ1) is 9.12. The Morgan fingerprint density at radius 1 is 1.21 bits per heavy atom. The van der Waals surface area contributed by atoms with Crippen LogP contribution in [0.5, 0.6) is 0 Å². The second kappa shape index (κ2) is 2.77. The number of fused-ring (bicyclic) bond motifs is 1. The van der Waals surface area contributed by atoms with Crippen molar-refractivity contribution in [1.82, 2.24) is 4.98 Å². The molecule has 0 saturated heterocycles. The number of hydrogen-bond acceptors (Lipinski definition) is 0. The number of H-pyrrole nitrogens is 1. The molecule has 1 N–H and O–H groups in total. The van der Waals surface area contributed by atoms with Crippen LogP contribution in [0.25, 0.3) is 10.9 Å². The first-order valence-corrected chi connectivity index (χ1v) is 4.14. The van der Waals surface area contributed by atoms with E-state index >= 15 is 0 Å². The zero-order chi connectivity index (χ0) is 10.3. The zero-order valence-electron chi connectivity index (χ0n) is 7.44. The maximum absolute atomic E-state index is 12.5. The Balaban J connectivity index is 2.76. The summed E-state index contributed by atoms with van der Waals surface area (Å²) in [5.41, 5.74) is 0.772. The molecule has 0 amide bonds. The lowest BCUT2D eigenvalue weighted by atomic mass is 10.1. The zero-order valence-corrected chi connectivity index (χ0v) is 7.44. The third kappa shape index (κ3) is 1.27. The first-order valence-electron chi connectivity index (χ1n) is 4.14. The molecule has 0 saturated carbocycles. The Labute approximate surface area is 78.5 Å². The van der Waals surface area contributed by atoms with Crippen molar-refractivity contribution in [2.45, 2.75) is 13.1 Å². The summed E-state index contributed by atoms with van der Waals surface area (Å²) in [5, 5.41) is 0.234. The van der Waals surface area contributed by atoms with Crippen LogP contribution in [0.3, 0.4) is 0 Å². The Morgan fingerprint density at radius 2 is 1.93 bits per heavy atom.